The van der Waals surface area contributed by atoms with E-state index >= 15 is 0 Å². The number of amides is 3. The van der Waals surface area contributed by atoms with Crippen LogP contribution in [0.15, 0.2) is 54.6 Å². The number of imide groups is 1. The van der Waals surface area contributed by atoms with Gasteiger partial charge in [-0.15, -0.1) is 0 Å². The van der Waals surface area contributed by atoms with E-state index in [0.717, 1.165) is 42.4 Å². The van der Waals surface area contributed by atoms with Gasteiger partial charge in [0.1, 0.15) is 0 Å². The van der Waals surface area contributed by atoms with E-state index in [9.17, 15) is 14.4 Å². The number of carbonyl (C=O) groups excluding carboxylic acids is 3. The Morgan fingerprint density at radius 1 is 0.933 bits per heavy atom. The number of nitrogens with one attached hydrogen (secondary N) is 1. The summed E-state index contributed by atoms with van der Waals surface area (Å²) < 4.78 is 0. The molecule has 3 amide bonds. The first kappa shape index (κ1) is 20.3. The lowest BCUT2D eigenvalue weighted by Crippen LogP contribution is -2.36. The second kappa shape index (κ2) is 8.82. The number of carbonyl (C=O) groups is 3. The Morgan fingerprint density at radius 3 is 2.10 bits per heavy atom. The van der Waals surface area contributed by atoms with Crippen molar-refractivity contribution in [3.63, 3.8) is 0 Å². The van der Waals surface area contributed by atoms with Gasteiger partial charge < -0.3 is 5.32 Å². The number of hydrogen-bond donors (Lipinski definition) is 1. The lowest BCUT2D eigenvalue weighted by Gasteiger charge is -2.19. The zero-order valence-corrected chi connectivity index (χ0v) is 17.3. The molecule has 0 spiro atoms. The summed E-state index contributed by atoms with van der Waals surface area (Å²) in [4.78, 5) is 38.8. The SMILES string of the molecule is C[C@H](NC(=O)CCN1C(=O)[C@H]2CCCC[C@@H]2C1=O)c1ccc(-c2ccccc2)cc1. The lowest BCUT2D eigenvalue weighted by molar-refractivity contribution is -0.140. The van der Waals surface area contributed by atoms with Crippen molar-refractivity contribution in [2.75, 3.05) is 6.54 Å². The average Bonchev–Trinajstić information content (AvgIpc) is 3.03. The number of benzene rings is 2. The number of fused-ring (bicyclic) bond motifs is 1. The van der Waals surface area contributed by atoms with Crippen molar-refractivity contribution < 1.29 is 14.4 Å². The number of likely N-dealkylation sites (tertiary alicyclic amines) is 1. The largest absolute Gasteiger partial charge is 0.350 e. The molecule has 2 aliphatic rings. The highest BCUT2D eigenvalue weighted by Gasteiger charge is 2.47. The molecule has 0 radical (unpaired) electrons. The van der Waals surface area contributed by atoms with E-state index in [-0.39, 0.29) is 48.6 Å². The Morgan fingerprint density at radius 2 is 1.50 bits per heavy atom. The molecule has 3 atom stereocenters. The van der Waals surface area contributed by atoms with E-state index in [1.807, 2.05) is 37.3 Å². The maximum absolute atomic E-state index is 12.5. The summed E-state index contributed by atoms with van der Waals surface area (Å²) in [6.45, 7) is 2.12. The molecule has 1 saturated carbocycles. The zero-order chi connectivity index (χ0) is 21.1. The lowest BCUT2D eigenvalue weighted by atomic mass is 9.81. The maximum Gasteiger partial charge on any atom is 0.233 e. The van der Waals surface area contributed by atoms with Gasteiger partial charge in [-0.25, -0.2) is 0 Å². The average molecular weight is 405 g/mol. The number of rotatable bonds is 6. The second-order valence-corrected chi connectivity index (χ2v) is 8.35. The minimum Gasteiger partial charge on any atom is -0.350 e. The van der Waals surface area contributed by atoms with Crippen LogP contribution in [-0.4, -0.2) is 29.2 Å². The maximum atomic E-state index is 12.5. The molecule has 0 aromatic heterocycles. The Hall–Kier alpha value is -2.95. The van der Waals surface area contributed by atoms with Gasteiger partial charge in [0.2, 0.25) is 17.7 Å². The molecule has 4 rings (SSSR count). The van der Waals surface area contributed by atoms with Crippen LogP contribution >= 0.6 is 0 Å². The zero-order valence-electron chi connectivity index (χ0n) is 17.3. The van der Waals surface area contributed by atoms with Crippen LogP contribution in [-0.2, 0) is 14.4 Å². The van der Waals surface area contributed by atoms with E-state index in [2.05, 4.69) is 29.6 Å². The summed E-state index contributed by atoms with van der Waals surface area (Å²) in [6.07, 6.45) is 3.76. The van der Waals surface area contributed by atoms with Crippen molar-refractivity contribution in [2.24, 2.45) is 11.8 Å². The van der Waals surface area contributed by atoms with Gasteiger partial charge in [0, 0.05) is 13.0 Å². The standard InChI is InChI=1S/C25H28N2O3/c1-17(18-11-13-20(14-12-18)19-7-3-2-4-8-19)26-23(28)15-16-27-24(29)21-9-5-6-10-22(21)25(27)30/h2-4,7-8,11-14,17,21-22H,5-6,9-10,15-16H2,1H3,(H,26,28)/t17-,21-,22-/m0/s1. The van der Waals surface area contributed by atoms with Crippen LogP contribution in [0.25, 0.3) is 11.1 Å². The van der Waals surface area contributed by atoms with Crippen LogP contribution in [0, 0.1) is 11.8 Å². The highest BCUT2D eigenvalue weighted by atomic mass is 16.2. The highest BCUT2D eigenvalue weighted by molar-refractivity contribution is 6.05. The minimum atomic E-state index is -0.156. The van der Waals surface area contributed by atoms with Gasteiger partial charge >= 0.3 is 0 Å². The summed E-state index contributed by atoms with van der Waals surface area (Å²) in [6, 6.07) is 18.1. The molecule has 156 valence electrons. The summed E-state index contributed by atoms with van der Waals surface area (Å²) in [5.41, 5.74) is 3.30. The predicted octanol–water partition coefficient (Wildman–Crippen LogP) is 4.10. The molecular formula is C25H28N2O3. The number of hydrogen-bond acceptors (Lipinski definition) is 3. The Labute approximate surface area is 177 Å². The predicted molar refractivity (Wildman–Crippen MR) is 115 cm³/mol. The van der Waals surface area contributed by atoms with Crippen LogP contribution < -0.4 is 5.32 Å². The topological polar surface area (TPSA) is 66.5 Å². The molecule has 5 nitrogen and oxygen atoms in total. The van der Waals surface area contributed by atoms with Crippen molar-refractivity contribution in [3.8, 4) is 11.1 Å². The fourth-order valence-corrected chi connectivity index (χ4v) is 4.66. The number of nitrogens with zero attached hydrogens (tertiary/aromatic N) is 1. The van der Waals surface area contributed by atoms with Crippen LogP contribution in [0.3, 0.4) is 0 Å². The summed E-state index contributed by atoms with van der Waals surface area (Å²) in [7, 11) is 0. The quantitative estimate of drug-likeness (QED) is 0.737. The third kappa shape index (κ3) is 4.16. The van der Waals surface area contributed by atoms with Gasteiger partial charge in [-0.2, -0.15) is 0 Å². The third-order valence-electron chi connectivity index (χ3n) is 6.39. The molecule has 2 aromatic rings. The molecule has 0 unspecified atom stereocenters. The van der Waals surface area contributed by atoms with Crippen molar-refractivity contribution in [3.05, 3.63) is 60.2 Å². The van der Waals surface area contributed by atoms with Crippen molar-refractivity contribution in [1.29, 1.82) is 0 Å². The van der Waals surface area contributed by atoms with Gasteiger partial charge in [0.25, 0.3) is 0 Å². The molecular weight excluding hydrogens is 376 g/mol. The van der Waals surface area contributed by atoms with E-state index < -0.39 is 0 Å². The molecule has 2 aromatic carbocycles. The molecule has 1 aliphatic carbocycles. The normalized spacial score (nSPS) is 22.0. The van der Waals surface area contributed by atoms with E-state index in [1.54, 1.807) is 0 Å². The Kier molecular flexibility index (Phi) is 5.98. The third-order valence-corrected chi connectivity index (χ3v) is 6.39. The van der Waals surface area contributed by atoms with E-state index in [1.165, 1.54) is 4.90 Å². The fraction of sp³-hybridized carbons (Fsp3) is 0.400. The first-order chi connectivity index (χ1) is 14.5. The molecule has 2 fully saturated rings. The molecule has 5 heteroatoms. The molecule has 1 saturated heterocycles. The summed E-state index contributed by atoms with van der Waals surface area (Å²) in [5, 5.41) is 2.98. The van der Waals surface area contributed by atoms with E-state index in [4.69, 9.17) is 0 Å². The smallest absolute Gasteiger partial charge is 0.233 e. The van der Waals surface area contributed by atoms with Crippen LogP contribution in [0.5, 0.6) is 0 Å². The van der Waals surface area contributed by atoms with Crippen LogP contribution in [0.1, 0.15) is 50.6 Å². The van der Waals surface area contributed by atoms with Crippen molar-refractivity contribution in [2.45, 2.75) is 45.1 Å². The monoisotopic (exact) mass is 404 g/mol. The van der Waals surface area contributed by atoms with Crippen LogP contribution in [0.4, 0.5) is 0 Å². The van der Waals surface area contributed by atoms with Gasteiger partial charge in [-0.1, -0.05) is 67.4 Å². The Balaban J connectivity index is 1.31. The summed E-state index contributed by atoms with van der Waals surface area (Å²) in [5.74, 6) is -0.623. The first-order valence-corrected chi connectivity index (χ1v) is 10.8. The molecule has 30 heavy (non-hydrogen) atoms. The minimum absolute atomic E-state index is 0.0814. The van der Waals surface area contributed by atoms with Gasteiger partial charge in [0.05, 0.1) is 17.9 Å². The molecule has 0 bridgehead atoms. The van der Waals surface area contributed by atoms with Gasteiger partial charge in [-0.3, -0.25) is 19.3 Å². The van der Waals surface area contributed by atoms with Gasteiger partial charge in [0.15, 0.2) is 0 Å². The molecule has 1 heterocycles. The first-order valence-electron chi connectivity index (χ1n) is 10.8. The Bertz CT molecular complexity index is 899. The van der Waals surface area contributed by atoms with E-state index in [0.29, 0.717) is 0 Å². The van der Waals surface area contributed by atoms with Crippen molar-refractivity contribution >= 4 is 17.7 Å². The highest BCUT2D eigenvalue weighted by Crippen LogP contribution is 2.38. The second-order valence-electron chi connectivity index (χ2n) is 8.35. The summed E-state index contributed by atoms with van der Waals surface area (Å²) >= 11 is 0. The molecule has 1 N–H and O–H groups in total. The van der Waals surface area contributed by atoms with Crippen LogP contribution in [0.2, 0.25) is 0 Å². The van der Waals surface area contributed by atoms with Crippen molar-refractivity contribution in [1.82, 2.24) is 10.2 Å². The van der Waals surface area contributed by atoms with Gasteiger partial charge in [-0.05, 0) is 36.5 Å². The molecule has 1 aliphatic heterocycles. The fourth-order valence-electron chi connectivity index (χ4n) is 4.66.